The zero-order chi connectivity index (χ0) is 55.7. The maximum atomic E-state index is 10.0. The summed E-state index contributed by atoms with van der Waals surface area (Å²) in [5.74, 6) is 0.286. The van der Waals surface area contributed by atoms with Crippen LogP contribution in [0.4, 0.5) is 11.4 Å². The van der Waals surface area contributed by atoms with E-state index < -0.39 is 0 Å². The Bertz CT molecular complexity index is 4990. The number of aromatic nitrogens is 5. The van der Waals surface area contributed by atoms with Gasteiger partial charge in [-0.3, -0.25) is 0 Å². The molecule has 382 valence electrons. The van der Waals surface area contributed by atoms with Crippen molar-refractivity contribution in [1.82, 2.24) is 23.7 Å². The Morgan fingerprint density at radius 3 is 1.18 bits per heavy atom. The molecule has 0 saturated carbocycles. The third-order valence-electron chi connectivity index (χ3n) is 16.0. The minimum Gasteiger partial charge on any atom is -0.309 e. The van der Waals surface area contributed by atoms with Gasteiger partial charge < -0.3 is 13.7 Å². The third kappa shape index (κ3) is 7.74. The van der Waals surface area contributed by atoms with Crippen molar-refractivity contribution in [3.63, 3.8) is 0 Å². The molecule has 0 unspecified atom stereocenters. The lowest BCUT2D eigenvalue weighted by atomic mass is 9.95. The van der Waals surface area contributed by atoms with Crippen LogP contribution in [0.15, 0.2) is 249 Å². The van der Waals surface area contributed by atoms with Crippen LogP contribution in [-0.4, -0.2) is 23.7 Å². The van der Waals surface area contributed by atoms with E-state index >= 15 is 0 Å². The zero-order valence-corrected chi connectivity index (χ0v) is 44.2. The SMILES string of the molecule is [C-]#[N+]c1cc(-c2cc(-c3ccccc3C#N)nc(-c3ccccc3C#N)n2)cc([N+]#[C-])c1-c1ccc(-c2ccc(-n3c4ccc(-n5c6ccccc6c6ccccc65)cc4c4cc(-n5c6ccccc6c6ccccc65)ccc43)cc2)cc1. The highest BCUT2D eigenvalue weighted by Crippen LogP contribution is 2.45. The van der Waals surface area contributed by atoms with E-state index in [1.165, 1.54) is 21.5 Å². The second kappa shape index (κ2) is 19.3. The Labute approximate surface area is 476 Å². The Morgan fingerprint density at radius 1 is 0.325 bits per heavy atom. The van der Waals surface area contributed by atoms with E-state index in [4.69, 9.17) is 23.1 Å². The van der Waals surface area contributed by atoms with Crippen LogP contribution >= 0.6 is 0 Å². The standard InChI is InChI=1S/C74H41N9/c1-77-65-39-51(63-43-64(55-17-5-3-15-49(55)44-75)80-74(79-63)56-18-6-4-16-50(56)45-76)40-66(78-2)73(65)48-29-27-46(28-30-48)47-31-33-52(34-32-47)81-71-37-35-53(82-67-23-11-7-19-57(67)58-20-8-12-24-68(58)82)41-61(71)62-42-54(36-38-72(62)81)83-69-25-13-9-21-59(69)60-22-10-14-26-70(60)83/h3-43H. The van der Waals surface area contributed by atoms with Gasteiger partial charge in [0.05, 0.1) is 80.9 Å². The molecule has 0 aliphatic heterocycles. The number of rotatable bonds is 8. The number of hydrogen-bond donors (Lipinski definition) is 0. The molecule has 0 bridgehead atoms. The molecule has 15 rings (SSSR count). The van der Waals surface area contributed by atoms with Crippen LogP contribution in [0.25, 0.3) is 148 Å². The van der Waals surface area contributed by atoms with Crippen LogP contribution < -0.4 is 0 Å². The molecule has 4 aromatic heterocycles. The summed E-state index contributed by atoms with van der Waals surface area (Å²) in [6.07, 6.45) is 0. The average Bonchev–Trinajstić information content (AvgIpc) is 2.89. The minimum atomic E-state index is 0.286. The lowest BCUT2D eigenvalue weighted by molar-refractivity contribution is 1.16. The van der Waals surface area contributed by atoms with Gasteiger partial charge in [0.25, 0.3) is 0 Å². The van der Waals surface area contributed by atoms with Gasteiger partial charge in [-0.05, 0) is 137 Å². The van der Waals surface area contributed by atoms with E-state index in [2.05, 4.69) is 193 Å². The predicted octanol–water partition coefficient (Wildman–Crippen LogP) is 18.9. The fourth-order valence-electron chi connectivity index (χ4n) is 12.3. The Hall–Kier alpha value is -12.1. The fraction of sp³-hybridized carbons (Fsp3) is 0. The van der Waals surface area contributed by atoms with Crippen LogP contribution in [-0.2, 0) is 0 Å². The quantitative estimate of drug-likeness (QED) is 0.142. The number of para-hydroxylation sites is 4. The van der Waals surface area contributed by atoms with Gasteiger partial charge in [0.2, 0.25) is 0 Å². The molecule has 0 atom stereocenters. The van der Waals surface area contributed by atoms with E-state index in [0.717, 1.165) is 77.6 Å². The summed E-state index contributed by atoms with van der Waals surface area (Å²) in [4.78, 5) is 17.7. The van der Waals surface area contributed by atoms with Crippen LogP contribution in [0, 0.1) is 35.8 Å². The third-order valence-corrected chi connectivity index (χ3v) is 16.0. The van der Waals surface area contributed by atoms with Gasteiger partial charge in [-0.2, -0.15) is 10.5 Å². The largest absolute Gasteiger partial charge is 0.309 e. The molecular formula is C74H41N9. The van der Waals surface area contributed by atoms with Crippen LogP contribution in [0.1, 0.15) is 11.1 Å². The molecule has 0 radical (unpaired) electrons. The molecule has 0 aliphatic rings. The molecule has 0 amide bonds. The molecule has 0 aliphatic carbocycles. The van der Waals surface area contributed by atoms with Crippen molar-refractivity contribution in [3.05, 3.63) is 283 Å². The Balaban J connectivity index is 0.814. The van der Waals surface area contributed by atoms with Crippen molar-refractivity contribution >= 4 is 76.8 Å². The van der Waals surface area contributed by atoms with Crippen LogP contribution in [0.2, 0.25) is 0 Å². The first-order valence-corrected chi connectivity index (χ1v) is 27.1. The maximum absolute atomic E-state index is 10.0. The first-order valence-electron chi connectivity index (χ1n) is 27.1. The summed E-state index contributed by atoms with van der Waals surface area (Å²) in [7, 11) is 0. The predicted molar refractivity (Wildman–Crippen MR) is 334 cm³/mol. The van der Waals surface area contributed by atoms with Crippen molar-refractivity contribution < 1.29 is 0 Å². The normalized spacial score (nSPS) is 11.3. The highest BCUT2D eigenvalue weighted by Gasteiger charge is 2.22. The maximum Gasteiger partial charge on any atom is 0.185 e. The van der Waals surface area contributed by atoms with Gasteiger partial charge in [0, 0.05) is 60.5 Å². The van der Waals surface area contributed by atoms with E-state index in [0.29, 0.717) is 44.8 Å². The van der Waals surface area contributed by atoms with Crippen molar-refractivity contribution in [2.24, 2.45) is 0 Å². The monoisotopic (exact) mass is 1060 g/mol. The molecule has 9 nitrogen and oxygen atoms in total. The second-order valence-electron chi connectivity index (χ2n) is 20.5. The number of fused-ring (bicyclic) bond motifs is 9. The lowest BCUT2D eigenvalue weighted by Gasteiger charge is -2.14. The molecule has 0 saturated heterocycles. The van der Waals surface area contributed by atoms with Crippen molar-refractivity contribution in [3.8, 4) is 85.4 Å². The zero-order valence-electron chi connectivity index (χ0n) is 44.2. The van der Waals surface area contributed by atoms with Crippen molar-refractivity contribution in [1.29, 1.82) is 10.5 Å². The van der Waals surface area contributed by atoms with E-state index in [9.17, 15) is 10.5 Å². The molecule has 0 N–H and O–H groups in total. The summed E-state index contributed by atoms with van der Waals surface area (Å²) in [6, 6.07) is 88.9. The number of benzene rings is 11. The van der Waals surface area contributed by atoms with Gasteiger partial charge >= 0.3 is 0 Å². The first kappa shape index (κ1) is 48.0. The highest BCUT2D eigenvalue weighted by atomic mass is 15.0. The molecule has 0 fully saturated rings. The number of nitriles is 2. The molecule has 0 spiro atoms. The molecule has 11 aromatic carbocycles. The number of hydrogen-bond acceptors (Lipinski definition) is 4. The first-order chi connectivity index (χ1) is 41.0. The molecule has 4 heterocycles. The molecular weight excluding hydrogens is 1010 g/mol. The van der Waals surface area contributed by atoms with E-state index in [1.54, 1.807) is 48.5 Å². The highest BCUT2D eigenvalue weighted by molar-refractivity contribution is 6.14. The van der Waals surface area contributed by atoms with Crippen LogP contribution in [0.5, 0.6) is 0 Å². The minimum absolute atomic E-state index is 0.286. The van der Waals surface area contributed by atoms with Gasteiger partial charge in [0.15, 0.2) is 17.2 Å². The molecule has 15 aromatic rings. The number of nitrogens with zero attached hydrogens (tertiary/aromatic N) is 9. The Kier molecular flexibility index (Phi) is 11.2. The van der Waals surface area contributed by atoms with Gasteiger partial charge in [-0.15, -0.1) is 0 Å². The van der Waals surface area contributed by atoms with E-state index in [-0.39, 0.29) is 17.2 Å². The second-order valence-corrected chi connectivity index (χ2v) is 20.5. The molecule has 83 heavy (non-hydrogen) atoms. The summed E-state index contributed by atoms with van der Waals surface area (Å²) in [6.45, 7) is 16.8. The molecule has 9 heteroatoms. The van der Waals surface area contributed by atoms with Crippen molar-refractivity contribution in [2.75, 3.05) is 0 Å². The summed E-state index contributed by atoms with van der Waals surface area (Å²) < 4.78 is 7.13. The van der Waals surface area contributed by atoms with Gasteiger partial charge in [0.1, 0.15) is 0 Å². The smallest absolute Gasteiger partial charge is 0.185 e. The Morgan fingerprint density at radius 2 is 0.699 bits per heavy atom. The topological polar surface area (TPSA) is 96.9 Å². The van der Waals surface area contributed by atoms with Gasteiger partial charge in [-0.1, -0.05) is 140 Å². The van der Waals surface area contributed by atoms with Crippen molar-refractivity contribution in [2.45, 2.75) is 0 Å². The van der Waals surface area contributed by atoms with E-state index in [1.807, 2.05) is 42.5 Å². The summed E-state index contributed by atoms with van der Waals surface area (Å²) in [5.41, 5.74) is 17.2. The average molecular weight is 1060 g/mol. The summed E-state index contributed by atoms with van der Waals surface area (Å²) >= 11 is 0. The van der Waals surface area contributed by atoms with Crippen LogP contribution in [0.3, 0.4) is 0 Å². The van der Waals surface area contributed by atoms with Gasteiger partial charge in [-0.25, -0.2) is 19.7 Å². The summed E-state index contributed by atoms with van der Waals surface area (Å²) in [5, 5.41) is 27.2. The lowest BCUT2D eigenvalue weighted by Crippen LogP contribution is -1.98. The fourth-order valence-corrected chi connectivity index (χ4v) is 12.3.